The normalized spacial score (nSPS) is 23.7. The highest BCUT2D eigenvalue weighted by atomic mass is 14.9. The summed E-state index contributed by atoms with van der Waals surface area (Å²) in [7, 11) is 0. The maximum Gasteiger partial charge on any atom is 0.00142 e. The first-order valence-electron chi connectivity index (χ1n) is 5.66. The van der Waals surface area contributed by atoms with Crippen LogP contribution in [0, 0.1) is 5.41 Å². The largest absolute Gasteiger partial charge is 0.316 e. The van der Waals surface area contributed by atoms with Crippen LogP contribution in [0.3, 0.4) is 0 Å². The van der Waals surface area contributed by atoms with Gasteiger partial charge in [0.1, 0.15) is 0 Å². The van der Waals surface area contributed by atoms with Crippen molar-refractivity contribution in [2.75, 3.05) is 13.1 Å². The average Bonchev–Trinajstić information content (AvgIpc) is 2.56. The van der Waals surface area contributed by atoms with Gasteiger partial charge in [-0.1, -0.05) is 24.3 Å². The smallest absolute Gasteiger partial charge is 0.00142 e. The molecule has 1 aliphatic carbocycles. The number of hydrogen-bond acceptors (Lipinski definition) is 1. The second-order valence-corrected chi connectivity index (χ2v) is 4.90. The van der Waals surface area contributed by atoms with Crippen LogP contribution in [0.15, 0.2) is 24.3 Å². The van der Waals surface area contributed by atoms with E-state index in [0.717, 1.165) is 0 Å². The molecule has 0 radical (unpaired) electrons. The molecule has 1 heterocycles. The molecule has 0 unspecified atom stereocenters. The SMILES string of the molecule is c1ccc2c(c1)CC1(CCCNC1)C2. The van der Waals surface area contributed by atoms with E-state index in [4.69, 9.17) is 0 Å². The number of nitrogens with one attached hydrogen (secondary N) is 1. The molecular formula is C13H17N. The quantitative estimate of drug-likeness (QED) is 0.656. The molecule has 1 N–H and O–H groups in total. The fraction of sp³-hybridized carbons (Fsp3) is 0.538. The number of benzene rings is 1. The van der Waals surface area contributed by atoms with Gasteiger partial charge in [-0.2, -0.15) is 0 Å². The van der Waals surface area contributed by atoms with Crippen molar-refractivity contribution >= 4 is 0 Å². The molecule has 1 nitrogen and oxygen atoms in total. The average molecular weight is 187 g/mol. The molecule has 0 amide bonds. The third-order valence-corrected chi connectivity index (χ3v) is 3.81. The Hall–Kier alpha value is -0.820. The standard InChI is InChI=1S/C13H17N/c1-2-5-12-9-13(8-11(12)4-1)6-3-7-14-10-13/h1-2,4-5,14H,3,6-10H2. The van der Waals surface area contributed by atoms with Crippen molar-refractivity contribution in [1.29, 1.82) is 0 Å². The first kappa shape index (κ1) is 8.49. The van der Waals surface area contributed by atoms with Gasteiger partial charge in [-0.15, -0.1) is 0 Å². The summed E-state index contributed by atoms with van der Waals surface area (Å²) in [6.45, 7) is 2.44. The highest BCUT2D eigenvalue weighted by Gasteiger charge is 2.37. The third kappa shape index (κ3) is 1.27. The number of rotatable bonds is 0. The molecule has 0 aromatic heterocycles. The number of hydrogen-bond donors (Lipinski definition) is 1. The van der Waals surface area contributed by atoms with Crippen LogP contribution in [0.2, 0.25) is 0 Å². The van der Waals surface area contributed by atoms with Gasteiger partial charge in [0.05, 0.1) is 0 Å². The Morgan fingerprint density at radius 1 is 1.07 bits per heavy atom. The highest BCUT2D eigenvalue weighted by Crippen LogP contribution is 2.41. The van der Waals surface area contributed by atoms with Crippen molar-refractivity contribution in [3.63, 3.8) is 0 Å². The Kier molecular flexibility index (Phi) is 1.88. The Labute approximate surface area is 85.5 Å². The fourth-order valence-corrected chi connectivity index (χ4v) is 3.11. The topological polar surface area (TPSA) is 12.0 Å². The zero-order chi connectivity index (χ0) is 9.43. The lowest BCUT2D eigenvalue weighted by molar-refractivity contribution is 0.222. The van der Waals surface area contributed by atoms with Crippen molar-refractivity contribution in [2.45, 2.75) is 25.7 Å². The van der Waals surface area contributed by atoms with E-state index >= 15 is 0 Å². The van der Waals surface area contributed by atoms with Gasteiger partial charge in [-0.25, -0.2) is 0 Å². The van der Waals surface area contributed by atoms with E-state index in [0.29, 0.717) is 5.41 Å². The predicted octanol–water partition coefficient (Wildman–Crippen LogP) is 2.16. The van der Waals surface area contributed by atoms with Crippen molar-refractivity contribution < 1.29 is 0 Å². The third-order valence-electron chi connectivity index (χ3n) is 3.81. The summed E-state index contributed by atoms with van der Waals surface area (Å²) in [4.78, 5) is 0. The monoisotopic (exact) mass is 187 g/mol. The van der Waals surface area contributed by atoms with Gasteiger partial charge in [-0.05, 0) is 48.8 Å². The van der Waals surface area contributed by atoms with E-state index in [1.54, 1.807) is 11.1 Å². The minimum absolute atomic E-state index is 0.571. The molecule has 14 heavy (non-hydrogen) atoms. The van der Waals surface area contributed by atoms with Gasteiger partial charge in [0.25, 0.3) is 0 Å². The fourth-order valence-electron chi connectivity index (χ4n) is 3.11. The molecule has 2 aliphatic rings. The molecule has 3 rings (SSSR count). The minimum atomic E-state index is 0.571. The van der Waals surface area contributed by atoms with E-state index in [9.17, 15) is 0 Å². The summed E-state index contributed by atoms with van der Waals surface area (Å²) < 4.78 is 0. The van der Waals surface area contributed by atoms with Crippen molar-refractivity contribution in [3.8, 4) is 0 Å². The lowest BCUT2D eigenvalue weighted by Crippen LogP contribution is -2.40. The predicted molar refractivity (Wildman–Crippen MR) is 58.4 cm³/mol. The van der Waals surface area contributed by atoms with Crippen LogP contribution in [0.1, 0.15) is 24.0 Å². The second kappa shape index (κ2) is 3.09. The zero-order valence-corrected chi connectivity index (χ0v) is 8.55. The highest BCUT2D eigenvalue weighted by molar-refractivity contribution is 5.34. The number of fused-ring (bicyclic) bond motifs is 1. The Morgan fingerprint density at radius 2 is 1.79 bits per heavy atom. The molecule has 1 saturated heterocycles. The molecule has 74 valence electrons. The molecule has 1 heteroatoms. The van der Waals surface area contributed by atoms with Crippen molar-refractivity contribution in [3.05, 3.63) is 35.4 Å². The molecule has 0 bridgehead atoms. The van der Waals surface area contributed by atoms with E-state index < -0.39 is 0 Å². The van der Waals surface area contributed by atoms with Crippen molar-refractivity contribution in [2.24, 2.45) is 5.41 Å². The maximum atomic E-state index is 3.55. The molecule has 1 fully saturated rings. The summed E-state index contributed by atoms with van der Waals surface area (Å²) in [6.07, 6.45) is 5.37. The number of piperidine rings is 1. The van der Waals surface area contributed by atoms with Gasteiger partial charge in [0, 0.05) is 6.54 Å². The van der Waals surface area contributed by atoms with Gasteiger partial charge in [0.15, 0.2) is 0 Å². The van der Waals surface area contributed by atoms with Crippen LogP contribution in [-0.2, 0) is 12.8 Å². The van der Waals surface area contributed by atoms with Gasteiger partial charge < -0.3 is 5.32 Å². The van der Waals surface area contributed by atoms with Crippen LogP contribution in [0.5, 0.6) is 0 Å². The second-order valence-electron chi connectivity index (χ2n) is 4.90. The van der Waals surface area contributed by atoms with Crippen LogP contribution < -0.4 is 5.32 Å². The van der Waals surface area contributed by atoms with Crippen LogP contribution in [0.25, 0.3) is 0 Å². The van der Waals surface area contributed by atoms with Crippen molar-refractivity contribution in [1.82, 2.24) is 5.32 Å². The maximum absolute atomic E-state index is 3.55. The summed E-state index contributed by atoms with van der Waals surface area (Å²) >= 11 is 0. The molecule has 0 atom stereocenters. The Bertz CT molecular complexity index is 310. The van der Waals surface area contributed by atoms with E-state index in [1.165, 1.54) is 38.8 Å². The van der Waals surface area contributed by atoms with E-state index in [-0.39, 0.29) is 0 Å². The minimum Gasteiger partial charge on any atom is -0.316 e. The van der Waals surface area contributed by atoms with E-state index in [1.807, 2.05) is 0 Å². The van der Waals surface area contributed by atoms with Crippen LogP contribution in [-0.4, -0.2) is 13.1 Å². The molecular weight excluding hydrogens is 170 g/mol. The molecule has 0 saturated carbocycles. The molecule has 1 aromatic carbocycles. The van der Waals surface area contributed by atoms with Gasteiger partial charge >= 0.3 is 0 Å². The summed E-state index contributed by atoms with van der Waals surface area (Å²) in [5.74, 6) is 0. The van der Waals surface area contributed by atoms with E-state index in [2.05, 4.69) is 29.6 Å². The summed E-state index contributed by atoms with van der Waals surface area (Å²) in [5, 5.41) is 3.55. The first-order chi connectivity index (χ1) is 6.88. The summed E-state index contributed by atoms with van der Waals surface area (Å²) in [6, 6.07) is 8.96. The molecule has 1 spiro atoms. The zero-order valence-electron chi connectivity index (χ0n) is 8.55. The lowest BCUT2D eigenvalue weighted by atomic mass is 9.78. The Balaban J connectivity index is 1.89. The molecule has 1 aliphatic heterocycles. The van der Waals surface area contributed by atoms with Crippen LogP contribution in [0.4, 0.5) is 0 Å². The molecule has 1 aromatic rings. The van der Waals surface area contributed by atoms with Crippen LogP contribution >= 0.6 is 0 Å². The lowest BCUT2D eigenvalue weighted by Gasteiger charge is -2.33. The van der Waals surface area contributed by atoms with Gasteiger partial charge in [-0.3, -0.25) is 0 Å². The van der Waals surface area contributed by atoms with Gasteiger partial charge in [0.2, 0.25) is 0 Å². The Morgan fingerprint density at radius 3 is 2.36 bits per heavy atom. The summed E-state index contributed by atoms with van der Waals surface area (Å²) in [5.41, 5.74) is 3.76. The first-order valence-corrected chi connectivity index (χ1v) is 5.66.